The van der Waals surface area contributed by atoms with Crippen LogP contribution in [0.3, 0.4) is 0 Å². The number of rotatable bonds is 2. The molecule has 0 radical (unpaired) electrons. The third-order valence-electron chi connectivity index (χ3n) is 2.74. The Labute approximate surface area is 155 Å². The van der Waals surface area contributed by atoms with Gasteiger partial charge >= 0.3 is 0 Å². The molecule has 0 aromatic heterocycles. The standard InChI is InChI=1S/C14H4BrCl4N3/c15-9-3-6(16)1-2-10(9)22-14-12(18)8(5-21)7(4-20)11(17)13(14)19/h1-3,22H. The Morgan fingerprint density at radius 1 is 0.909 bits per heavy atom. The highest BCUT2D eigenvalue weighted by Crippen LogP contribution is 2.43. The van der Waals surface area contributed by atoms with E-state index >= 15 is 0 Å². The van der Waals surface area contributed by atoms with Gasteiger partial charge in [-0.2, -0.15) is 10.5 Å². The van der Waals surface area contributed by atoms with Crippen molar-refractivity contribution in [3.05, 3.63) is 53.9 Å². The molecule has 110 valence electrons. The lowest BCUT2D eigenvalue weighted by Gasteiger charge is -2.15. The smallest absolute Gasteiger partial charge is 0.102 e. The molecule has 0 unspecified atom stereocenters. The van der Waals surface area contributed by atoms with E-state index in [-0.39, 0.29) is 31.9 Å². The predicted molar refractivity (Wildman–Crippen MR) is 93.3 cm³/mol. The van der Waals surface area contributed by atoms with Crippen molar-refractivity contribution in [2.45, 2.75) is 0 Å². The molecule has 2 rings (SSSR count). The second-order valence-corrected chi connectivity index (χ2v) is 6.46. The summed E-state index contributed by atoms with van der Waals surface area (Å²) >= 11 is 27.6. The van der Waals surface area contributed by atoms with E-state index in [2.05, 4.69) is 21.2 Å². The van der Waals surface area contributed by atoms with E-state index in [0.717, 1.165) is 0 Å². The topological polar surface area (TPSA) is 59.6 Å². The number of nitrogens with one attached hydrogen (secondary N) is 1. The summed E-state index contributed by atoms with van der Waals surface area (Å²) in [6, 6.07) is 8.75. The molecule has 1 N–H and O–H groups in total. The summed E-state index contributed by atoms with van der Waals surface area (Å²) in [5, 5.41) is 21.9. The molecule has 8 heteroatoms. The first-order chi connectivity index (χ1) is 10.4. The van der Waals surface area contributed by atoms with Crippen LogP contribution in [-0.2, 0) is 0 Å². The fourth-order valence-electron chi connectivity index (χ4n) is 1.71. The van der Waals surface area contributed by atoms with Crippen LogP contribution in [0.15, 0.2) is 22.7 Å². The zero-order chi connectivity index (χ0) is 16.4. The first-order valence-corrected chi connectivity index (χ1v) is 7.94. The fourth-order valence-corrected chi connectivity index (χ4v) is 3.28. The molecule has 0 atom stereocenters. The van der Waals surface area contributed by atoms with Gasteiger partial charge in [-0.15, -0.1) is 0 Å². The van der Waals surface area contributed by atoms with Crippen LogP contribution in [0.2, 0.25) is 20.1 Å². The average Bonchev–Trinajstić information content (AvgIpc) is 2.49. The van der Waals surface area contributed by atoms with Crippen molar-refractivity contribution in [2.24, 2.45) is 0 Å². The van der Waals surface area contributed by atoms with Crippen molar-refractivity contribution in [2.75, 3.05) is 5.32 Å². The summed E-state index contributed by atoms with van der Waals surface area (Å²) in [6.07, 6.45) is 0. The Kier molecular flexibility index (Phi) is 5.45. The molecule has 0 heterocycles. The highest BCUT2D eigenvalue weighted by atomic mass is 79.9. The molecular formula is C14H4BrCl4N3. The Balaban J connectivity index is 2.65. The van der Waals surface area contributed by atoms with Gasteiger partial charge < -0.3 is 5.32 Å². The minimum atomic E-state index is -0.0557. The van der Waals surface area contributed by atoms with Gasteiger partial charge in [-0.05, 0) is 34.1 Å². The van der Waals surface area contributed by atoms with E-state index in [1.54, 1.807) is 18.2 Å². The largest absolute Gasteiger partial charge is 0.352 e. The average molecular weight is 436 g/mol. The van der Waals surface area contributed by atoms with Crippen molar-refractivity contribution >= 4 is 73.7 Å². The summed E-state index contributed by atoms with van der Waals surface area (Å²) in [6.45, 7) is 0. The maximum atomic E-state index is 9.19. The van der Waals surface area contributed by atoms with Gasteiger partial charge in [0.05, 0.1) is 37.6 Å². The van der Waals surface area contributed by atoms with Gasteiger partial charge in [0.15, 0.2) is 0 Å². The quantitative estimate of drug-likeness (QED) is 0.544. The molecule has 0 spiro atoms. The van der Waals surface area contributed by atoms with Gasteiger partial charge in [-0.1, -0.05) is 46.4 Å². The number of anilines is 2. The molecule has 0 fully saturated rings. The van der Waals surface area contributed by atoms with Gasteiger partial charge in [0.2, 0.25) is 0 Å². The van der Waals surface area contributed by atoms with Gasteiger partial charge in [0.25, 0.3) is 0 Å². The Bertz CT molecular complexity index is 853. The van der Waals surface area contributed by atoms with Crippen molar-refractivity contribution in [1.82, 2.24) is 0 Å². The summed E-state index contributed by atoms with van der Waals surface area (Å²) < 4.78 is 0.672. The molecule has 22 heavy (non-hydrogen) atoms. The second-order valence-electron chi connectivity index (χ2n) is 4.04. The first kappa shape index (κ1) is 17.2. The Morgan fingerprint density at radius 2 is 1.50 bits per heavy atom. The molecule has 0 saturated carbocycles. The van der Waals surface area contributed by atoms with Crippen LogP contribution < -0.4 is 5.32 Å². The van der Waals surface area contributed by atoms with Crippen LogP contribution in [0.1, 0.15) is 11.1 Å². The molecule has 0 aliphatic heterocycles. The van der Waals surface area contributed by atoms with E-state index in [1.807, 2.05) is 12.1 Å². The van der Waals surface area contributed by atoms with Crippen molar-refractivity contribution < 1.29 is 0 Å². The predicted octanol–water partition coefficient (Wildman–Crippen LogP) is 6.55. The molecule has 2 aromatic rings. The van der Waals surface area contributed by atoms with Crippen LogP contribution >= 0.6 is 62.3 Å². The monoisotopic (exact) mass is 433 g/mol. The number of hydrogen-bond donors (Lipinski definition) is 1. The summed E-state index contributed by atoms with van der Waals surface area (Å²) in [7, 11) is 0. The van der Waals surface area contributed by atoms with E-state index in [0.29, 0.717) is 15.2 Å². The lowest BCUT2D eigenvalue weighted by molar-refractivity contribution is 1.42. The minimum Gasteiger partial charge on any atom is -0.352 e. The normalized spacial score (nSPS) is 9.95. The zero-order valence-electron chi connectivity index (χ0n) is 10.5. The summed E-state index contributed by atoms with van der Waals surface area (Å²) in [4.78, 5) is 0. The van der Waals surface area contributed by atoms with E-state index in [9.17, 15) is 5.26 Å². The lowest BCUT2D eigenvalue weighted by Crippen LogP contribution is -1.98. The SMILES string of the molecule is N#Cc1c(Cl)c(Cl)c(Nc2ccc(Cl)cc2Br)c(Cl)c1C#N. The van der Waals surface area contributed by atoms with Crippen LogP contribution in [0, 0.1) is 22.7 Å². The van der Waals surface area contributed by atoms with Gasteiger partial charge in [-0.3, -0.25) is 0 Å². The third kappa shape index (κ3) is 3.13. The summed E-state index contributed by atoms with van der Waals surface area (Å²) in [5.41, 5.74) is 0.774. The molecule has 3 nitrogen and oxygen atoms in total. The molecule has 0 aliphatic rings. The Hall–Kier alpha value is -1.14. The number of halogens is 5. The van der Waals surface area contributed by atoms with Gasteiger partial charge in [-0.25, -0.2) is 0 Å². The number of nitriles is 2. The van der Waals surface area contributed by atoms with Crippen molar-refractivity contribution in [1.29, 1.82) is 10.5 Å². The highest BCUT2D eigenvalue weighted by Gasteiger charge is 2.21. The minimum absolute atomic E-state index is 0.0234. The maximum Gasteiger partial charge on any atom is 0.102 e. The summed E-state index contributed by atoms with van der Waals surface area (Å²) in [5.74, 6) is 0. The van der Waals surface area contributed by atoms with Crippen LogP contribution in [0.25, 0.3) is 0 Å². The molecule has 0 bridgehead atoms. The third-order valence-corrected chi connectivity index (χ3v) is 4.86. The first-order valence-electron chi connectivity index (χ1n) is 5.63. The fraction of sp³-hybridized carbons (Fsp3) is 0. The lowest BCUT2D eigenvalue weighted by atomic mass is 10.1. The van der Waals surface area contributed by atoms with Crippen LogP contribution in [0.5, 0.6) is 0 Å². The van der Waals surface area contributed by atoms with E-state index in [4.69, 9.17) is 51.7 Å². The molecule has 2 aromatic carbocycles. The number of hydrogen-bond acceptors (Lipinski definition) is 3. The van der Waals surface area contributed by atoms with Crippen LogP contribution in [-0.4, -0.2) is 0 Å². The van der Waals surface area contributed by atoms with E-state index < -0.39 is 0 Å². The molecular weight excluding hydrogens is 432 g/mol. The number of nitrogens with zero attached hydrogens (tertiary/aromatic N) is 2. The van der Waals surface area contributed by atoms with Gasteiger partial charge in [0, 0.05) is 9.50 Å². The van der Waals surface area contributed by atoms with Crippen molar-refractivity contribution in [3.63, 3.8) is 0 Å². The molecule has 0 saturated heterocycles. The highest BCUT2D eigenvalue weighted by molar-refractivity contribution is 9.10. The van der Waals surface area contributed by atoms with E-state index in [1.165, 1.54) is 0 Å². The Morgan fingerprint density at radius 3 is 2.05 bits per heavy atom. The van der Waals surface area contributed by atoms with Gasteiger partial charge in [0.1, 0.15) is 12.1 Å². The maximum absolute atomic E-state index is 9.19. The second kappa shape index (κ2) is 6.96. The molecule has 0 aliphatic carbocycles. The zero-order valence-corrected chi connectivity index (χ0v) is 15.1. The van der Waals surface area contributed by atoms with Crippen molar-refractivity contribution in [3.8, 4) is 12.1 Å². The number of benzene rings is 2. The molecule has 0 amide bonds. The van der Waals surface area contributed by atoms with Crippen LogP contribution in [0.4, 0.5) is 11.4 Å².